The van der Waals surface area contributed by atoms with Crippen LogP contribution in [0.25, 0.3) is 90.4 Å². The highest BCUT2D eigenvalue weighted by atomic mass is 16.3. The molecule has 0 radical (unpaired) electrons. The zero-order valence-corrected chi connectivity index (χ0v) is 35.0. The molecule has 0 aliphatic heterocycles. The van der Waals surface area contributed by atoms with Gasteiger partial charge in [-0.15, -0.1) is 0 Å². The van der Waals surface area contributed by atoms with Gasteiger partial charge in [-0.1, -0.05) is 182 Å². The van der Waals surface area contributed by atoms with E-state index >= 15 is 0 Å². The largest absolute Gasteiger partial charge is 0.456 e. The van der Waals surface area contributed by atoms with Crippen molar-refractivity contribution in [2.45, 2.75) is 11.8 Å². The summed E-state index contributed by atoms with van der Waals surface area (Å²) >= 11 is 0. The van der Waals surface area contributed by atoms with Crippen LogP contribution in [-0.2, 0) is 0 Å². The molecule has 2 atom stereocenters. The van der Waals surface area contributed by atoms with Gasteiger partial charge < -0.3 is 4.42 Å². The maximum absolute atomic E-state index is 6.42. The zero-order chi connectivity index (χ0) is 42.8. The molecule has 14 rings (SSSR count). The van der Waals surface area contributed by atoms with Gasteiger partial charge >= 0.3 is 0 Å². The van der Waals surface area contributed by atoms with Crippen molar-refractivity contribution in [2.75, 3.05) is 0 Å². The predicted molar refractivity (Wildman–Crippen MR) is 258 cm³/mol. The maximum Gasteiger partial charge on any atom is 0.164 e. The summed E-state index contributed by atoms with van der Waals surface area (Å²) in [5, 5.41) is 1.06. The third kappa shape index (κ3) is 6.29. The van der Waals surface area contributed by atoms with E-state index in [1.165, 1.54) is 33.4 Å². The Kier molecular flexibility index (Phi) is 8.56. The van der Waals surface area contributed by atoms with Crippen LogP contribution in [0.3, 0.4) is 0 Å². The van der Waals surface area contributed by atoms with Gasteiger partial charge in [-0.3, -0.25) is 0 Å². The first kappa shape index (κ1) is 37.0. The topological polar surface area (TPSA) is 77.6 Å². The fourth-order valence-electron chi connectivity index (χ4n) is 9.94. The average Bonchev–Trinajstić information content (AvgIpc) is 3.83. The Hall–Kier alpha value is -8.61. The number of para-hydroxylation sites is 1. The van der Waals surface area contributed by atoms with E-state index in [1.54, 1.807) is 0 Å². The molecule has 3 heterocycles. The van der Waals surface area contributed by atoms with E-state index in [2.05, 4.69) is 115 Å². The minimum atomic E-state index is 0.0377. The third-order valence-electron chi connectivity index (χ3n) is 12.9. The molecule has 0 spiro atoms. The molecule has 0 saturated carbocycles. The monoisotopic (exact) mass is 831 g/mol. The zero-order valence-electron chi connectivity index (χ0n) is 35.0. The van der Waals surface area contributed by atoms with Gasteiger partial charge in [0, 0.05) is 56.2 Å². The van der Waals surface area contributed by atoms with Crippen molar-refractivity contribution < 1.29 is 4.42 Å². The van der Waals surface area contributed by atoms with Crippen LogP contribution in [0.4, 0.5) is 0 Å². The van der Waals surface area contributed by atoms with Crippen molar-refractivity contribution in [3.63, 3.8) is 0 Å². The van der Waals surface area contributed by atoms with Crippen LogP contribution in [0, 0.1) is 0 Å². The van der Waals surface area contributed by atoms with E-state index < -0.39 is 0 Å². The second kappa shape index (κ2) is 15.0. The van der Waals surface area contributed by atoms with Crippen LogP contribution in [0.2, 0.25) is 0 Å². The summed E-state index contributed by atoms with van der Waals surface area (Å²) in [7, 11) is 0. The summed E-state index contributed by atoms with van der Waals surface area (Å²) in [6.45, 7) is 0. The fraction of sp³-hybridized carbons (Fsp3) is 0.0339. The van der Waals surface area contributed by atoms with Crippen LogP contribution < -0.4 is 0 Å². The number of rotatable bonds is 7. The molecule has 0 amide bonds. The Morgan fingerprint density at radius 2 is 0.738 bits per heavy atom. The third-order valence-corrected chi connectivity index (χ3v) is 12.9. The van der Waals surface area contributed by atoms with Crippen molar-refractivity contribution in [3.8, 4) is 79.4 Å². The number of fused-ring (bicyclic) bond motifs is 1. The van der Waals surface area contributed by atoms with Crippen LogP contribution in [0.15, 0.2) is 217 Å². The van der Waals surface area contributed by atoms with Crippen LogP contribution in [-0.4, -0.2) is 24.9 Å². The standard InChI is InChI=1S/C59H37N5O/c1-4-16-36(17-5-1)56-60-50(35-51(61-56)42-23-11-12-24-43(42)53-34-40-22-10-15-27-52(40)65-53)39-28-30-46-48(32-39)54-44-25-13-14-26-45(44)55(46)49-33-41(29-31-47(49)54)59-63-57(37-18-6-2-7-19-37)62-58(64-59)38-20-8-3-9-21-38/h1-35,54-55H. The first-order valence-corrected chi connectivity index (χ1v) is 22.0. The molecule has 304 valence electrons. The highest BCUT2D eigenvalue weighted by Crippen LogP contribution is 2.56. The SMILES string of the molecule is c1ccc(-c2nc(-c3ccc4c(c3)C3c5ccccc5C4c4cc(-c5nc(-c6ccccc6)nc(-c6ccccc6)n5)ccc43)cc(-c3ccccc3-c3cc4ccccc4o3)n2)cc1. The van der Waals surface area contributed by atoms with Gasteiger partial charge in [-0.25, -0.2) is 24.9 Å². The van der Waals surface area contributed by atoms with Crippen molar-refractivity contribution >= 4 is 11.0 Å². The molecule has 65 heavy (non-hydrogen) atoms. The second-order valence-corrected chi connectivity index (χ2v) is 16.7. The van der Waals surface area contributed by atoms with Crippen LogP contribution in [0.1, 0.15) is 45.2 Å². The lowest BCUT2D eigenvalue weighted by Crippen LogP contribution is -2.27. The second-order valence-electron chi connectivity index (χ2n) is 16.7. The van der Waals surface area contributed by atoms with Gasteiger partial charge in [0.05, 0.1) is 11.4 Å². The number of benzene rings is 8. The van der Waals surface area contributed by atoms with Gasteiger partial charge in [-0.2, -0.15) is 0 Å². The van der Waals surface area contributed by atoms with E-state index in [1.807, 2.05) is 97.1 Å². The summed E-state index contributed by atoms with van der Waals surface area (Å²) < 4.78 is 6.42. The predicted octanol–water partition coefficient (Wildman–Crippen LogP) is 14.1. The molecular weight excluding hydrogens is 795 g/mol. The van der Waals surface area contributed by atoms with Gasteiger partial charge in [0.2, 0.25) is 0 Å². The minimum Gasteiger partial charge on any atom is -0.456 e. The van der Waals surface area contributed by atoms with Crippen molar-refractivity contribution in [1.29, 1.82) is 0 Å². The summed E-state index contributed by atoms with van der Waals surface area (Å²) in [6, 6.07) is 73.9. The first-order valence-electron chi connectivity index (χ1n) is 22.0. The van der Waals surface area contributed by atoms with Crippen LogP contribution >= 0.6 is 0 Å². The molecular formula is C59H37N5O. The Bertz CT molecular complexity index is 3530. The van der Waals surface area contributed by atoms with Crippen LogP contribution in [0.5, 0.6) is 0 Å². The molecule has 2 unspecified atom stereocenters. The van der Waals surface area contributed by atoms with Crippen molar-refractivity contribution in [3.05, 3.63) is 246 Å². The molecule has 0 fully saturated rings. The van der Waals surface area contributed by atoms with E-state index in [-0.39, 0.29) is 11.8 Å². The molecule has 11 aromatic rings. The minimum absolute atomic E-state index is 0.0377. The number of hydrogen-bond donors (Lipinski definition) is 0. The summed E-state index contributed by atoms with van der Waals surface area (Å²) in [4.78, 5) is 25.7. The van der Waals surface area contributed by atoms with E-state index in [0.29, 0.717) is 23.3 Å². The average molecular weight is 832 g/mol. The lowest BCUT2D eigenvalue weighted by molar-refractivity contribution is 0.632. The normalized spacial score (nSPS) is 14.5. The van der Waals surface area contributed by atoms with Gasteiger partial charge in [0.15, 0.2) is 23.3 Å². The highest BCUT2D eigenvalue weighted by Gasteiger charge is 2.41. The molecule has 3 aliphatic carbocycles. The Labute approximate surface area is 375 Å². The first-order chi connectivity index (χ1) is 32.2. The van der Waals surface area contributed by atoms with Gasteiger partial charge in [0.1, 0.15) is 11.3 Å². The Morgan fingerprint density at radius 1 is 0.292 bits per heavy atom. The van der Waals surface area contributed by atoms with E-state index in [0.717, 1.165) is 67.1 Å². The molecule has 0 N–H and O–H groups in total. The summed E-state index contributed by atoms with van der Waals surface area (Å²) in [6.07, 6.45) is 0. The highest BCUT2D eigenvalue weighted by molar-refractivity contribution is 5.88. The molecule has 8 aromatic carbocycles. The number of aromatic nitrogens is 5. The van der Waals surface area contributed by atoms with E-state index in [9.17, 15) is 0 Å². The molecule has 6 heteroatoms. The fourth-order valence-corrected chi connectivity index (χ4v) is 9.94. The Balaban J connectivity index is 0.941. The van der Waals surface area contributed by atoms with Crippen molar-refractivity contribution in [2.24, 2.45) is 0 Å². The lowest BCUT2D eigenvalue weighted by atomic mass is 9.60. The maximum atomic E-state index is 6.42. The molecule has 6 nitrogen and oxygen atoms in total. The number of nitrogens with zero attached hydrogens (tertiary/aromatic N) is 5. The van der Waals surface area contributed by atoms with Gasteiger partial charge in [0.25, 0.3) is 0 Å². The Morgan fingerprint density at radius 3 is 1.34 bits per heavy atom. The smallest absolute Gasteiger partial charge is 0.164 e. The molecule has 3 aliphatic rings. The van der Waals surface area contributed by atoms with E-state index in [4.69, 9.17) is 29.3 Å². The van der Waals surface area contributed by atoms with Gasteiger partial charge in [-0.05, 0) is 63.7 Å². The quantitative estimate of drug-likeness (QED) is 0.159. The molecule has 3 aromatic heterocycles. The summed E-state index contributed by atoms with van der Waals surface area (Å²) in [5.41, 5.74) is 17.2. The number of furan rings is 1. The molecule has 2 bridgehead atoms. The number of hydrogen-bond acceptors (Lipinski definition) is 6. The summed E-state index contributed by atoms with van der Waals surface area (Å²) in [5.74, 6) is 3.51. The molecule has 0 saturated heterocycles. The van der Waals surface area contributed by atoms with Crippen molar-refractivity contribution in [1.82, 2.24) is 24.9 Å². The lowest BCUT2D eigenvalue weighted by Gasteiger charge is -2.42.